The second-order valence-corrected chi connectivity index (χ2v) is 6.37. The van der Waals surface area contributed by atoms with Crippen LogP contribution in [0.4, 0.5) is 24.9 Å². The molecule has 158 valence electrons. The Morgan fingerprint density at radius 2 is 1.84 bits per heavy atom. The first-order valence-corrected chi connectivity index (χ1v) is 9.03. The summed E-state index contributed by atoms with van der Waals surface area (Å²) >= 11 is 0. The molecule has 0 unspecified atom stereocenters. The van der Waals surface area contributed by atoms with E-state index in [1.807, 2.05) is 0 Å². The summed E-state index contributed by atoms with van der Waals surface area (Å²) in [5.41, 5.74) is -0.0649. The number of nitrogens with one attached hydrogen (secondary N) is 2. The molecule has 0 spiro atoms. The molecule has 0 saturated heterocycles. The molecular weight excluding hydrogens is 413 g/mol. The minimum absolute atomic E-state index is 0.0883. The number of oxazole rings is 1. The zero-order valence-corrected chi connectivity index (χ0v) is 16.0. The lowest BCUT2D eigenvalue weighted by atomic mass is 10.2. The Hall–Kier alpha value is -4.08. The second kappa shape index (κ2) is 7.98. The number of benzene rings is 2. The number of para-hydroxylation sites is 1. The van der Waals surface area contributed by atoms with Crippen LogP contribution in [0.5, 0.6) is 11.5 Å². The molecule has 0 aliphatic carbocycles. The predicted molar refractivity (Wildman–Crippen MR) is 106 cm³/mol. The van der Waals surface area contributed by atoms with E-state index in [2.05, 4.69) is 20.6 Å². The number of carbonyl (C=O) groups excluding carboxylic acids is 1. The maximum Gasteiger partial charge on any atom is 0.418 e. The number of hydrogen-bond donors (Lipinski definition) is 2. The van der Waals surface area contributed by atoms with Crippen molar-refractivity contribution in [3.05, 3.63) is 72.1 Å². The van der Waals surface area contributed by atoms with E-state index in [0.717, 1.165) is 6.07 Å². The van der Waals surface area contributed by atoms with E-state index in [-0.39, 0.29) is 23.3 Å². The van der Waals surface area contributed by atoms with E-state index in [1.165, 1.54) is 37.5 Å². The van der Waals surface area contributed by atoms with Crippen LogP contribution >= 0.6 is 0 Å². The van der Waals surface area contributed by atoms with E-state index < -0.39 is 11.7 Å². The van der Waals surface area contributed by atoms with E-state index >= 15 is 0 Å². The molecule has 2 aromatic heterocycles. The SMILES string of the molecule is CNC(=O)c1cc(Oc2ccc3oc(Nc4ccccc4C(F)(F)F)nc3c2)ccn1. The monoisotopic (exact) mass is 428 g/mol. The molecule has 0 saturated carbocycles. The topological polar surface area (TPSA) is 89.3 Å². The summed E-state index contributed by atoms with van der Waals surface area (Å²) < 4.78 is 50.8. The van der Waals surface area contributed by atoms with Crippen LogP contribution in [0.2, 0.25) is 0 Å². The highest BCUT2D eigenvalue weighted by atomic mass is 19.4. The maximum atomic E-state index is 13.2. The first-order chi connectivity index (χ1) is 14.8. The second-order valence-electron chi connectivity index (χ2n) is 6.37. The molecule has 4 rings (SSSR count). The Balaban J connectivity index is 1.58. The number of aromatic nitrogens is 2. The fraction of sp³-hybridized carbons (Fsp3) is 0.0952. The number of fused-ring (bicyclic) bond motifs is 1. The third kappa shape index (κ3) is 4.42. The summed E-state index contributed by atoms with van der Waals surface area (Å²) in [5, 5.41) is 5.05. The smallest absolute Gasteiger partial charge is 0.418 e. The number of carbonyl (C=O) groups is 1. The molecule has 1 amide bonds. The van der Waals surface area contributed by atoms with Gasteiger partial charge in [0.05, 0.1) is 11.3 Å². The van der Waals surface area contributed by atoms with Gasteiger partial charge in [-0.25, -0.2) is 0 Å². The Bertz CT molecular complexity index is 1250. The van der Waals surface area contributed by atoms with Gasteiger partial charge in [-0.05, 0) is 30.3 Å². The molecule has 0 bridgehead atoms. The molecule has 0 fully saturated rings. The highest BCUT2D eigenvalue weighted by Crippen LogP contribution is 2.36. The fourth-order valence-corrected chi connectivity index (χ4v) is 2.84. The number of anilines is 2. The Kier molecular flexibility index (Phi) is 5.20. The molecular formula is C21H15F3N4O3. The lowest BCUT2D eigenvalue weighted by molar-refractivity contribution is -0.136. The van der Waals surface area contributed by atoms with Gasteiger partial charge in [0.1, 0.15) is 22.7 Å². The number of alkyl halides is 3. The van der Waals surface area contributed by atoms with E-state index in [0.29, 0.717) is 22.6 Å². The summed E-state index contributed by atoms with van der Waals surface area (Å²) in [5.74, 6) is 0.429. The highest BCUT2D eigenvalue weighted by Gasteiger charge is 2.33. The quantitative estimate of drug-likeness (QED) is 0.458. The van der Waals surface area contributed by atoms with Crippen LogP contribution in [0.3, 0.4) is 0 Å². The Morgan fingerprint density at radius 1 is 1.06 bits per heavy atom. The average Bonchev–Trinajstić information content (AvgIpc) is 3.14. The van der Waals surface area contributed by atoms with Gasteiger partial charge < -0.3 is 19.8 Å². The molecule has 2 heterocycles. The lowest BCUT2D eigenvalue weighted by Gasteiger charge is -2.11. The minimum atomic E-state index is -4.52. The van der Waals surface area contributed by atoms with Crippen molar-refractivity contribution >= 4 is 28.7 Å². The molecule has 0 radical (unpaired) electrons. The van der Waals surface area contributed by atoms with Gasteiger partial charge in [0.2, 0.25) is 0 Å². The minimum Gasteiger partial charge on any atom is -0.457 e. The number of pyridine rings is 1. The number of nitrogens with zero attached hydrogens (tertiary/aromatic N) is 2. The van der Waals surface area contributed by atoms with Crippen molar-refractivity contribution < 1.29 is 27.1 Å². The number of rotatable bonds is 5. The third-order valence-electron chi connectivity index (χ3n) is 4.26. The van der Waals surface area contributed by atoms with E-state index in [4.69, 9.17) is 9.15 Å². The van der Waals surface area contributed by atoms with Crippen molar-refractivity contribution in [3.63, 3.8) is 0 Å². The van der Waals surface area contributed by atoms with E-state index in [9.17, 15) is 18.0 Å². The van der Waals surface area contributed by atoms with Gasteiger partial charge >= 0.3 is 6.18 Å². The normalized spacial score (nSPS) is 11.4. The first kappa shape index (κ1) is 20.2. The molecule has 2 aromatic carbocycles. The molecule has 0 atom stereocenters. The maximum absolute atomic E-state index is 13.2. The van der Waals surface area contributed by atoms with Crippen LogP contribution in [0.1, 0.15) is 16.1 Å². The fourth-order valence-electron chi connectivity index (χ4n) is 2.84. The standard InChI is InChI=1S/C21H15F3N4O3/c1-25-19(29)17-11-13(8-9-26-17)30-12-6-7-18-16(10-12)28-20(31-18)27-15-5-3-2-4-14(15)21(22,23)24/h2-11H,1H3,(H,25,29)(H,27,28). The molecule has 2 N–H and O–H groups in total. The van der Waals surface area contributed by atoms with Crippen molar-refractivity contribution in [1.82, 2.24) is 15.3 Å². The summed E-state index contributed by atoms with van der Waals surface area (Å²) in [6, 6.07) is 12.8. The van der Waals surface area contributed by atoms with Gasteiger partial charge in [-0.15, -0.1) is 0 Å². The molecule has 0 aliphatic heterocycles. The van der Waals surface area contributed by atoms with Crippen molar-refractivity contribution in [2.24, 2.45) is 0 Å². The summed E-state index contributed by atoms with van der Waals surface area (Å²) in [7, 11) is 1.49. The molecule has 4 aromatic rings. The Morgan fingerprint density at radius 3 is 2.61 bits per heavy atom. The number of ether oxygens (including phenoxy) is 1. The Labute approximate surface area is 173 Å². The number of amides is 1. The van der Waals surface area contributed by atoms with Crippen LogP contribution in [0, 0.1) is 0 Å². The van der Waals surface area contributed by atoms with Gasteiger partial charge in [-0.1, -0.05) is 12.1 Å². The van der Waals surface area contributed by atoms with Gasteiger partial charge in [0, 0.05) is 25.4 Å². The lowest BCUT2D eigenvalue weighted by Crippen LogP contribution is -2.18. The average molecular weight is 428 g/mol. The number of hydrogen-bond acceptors (Lipinski definition) is 6. The molecule has 7 nitrogen and oxygen atoms in total. The van der Waals surface area contributed by atoms with Crippen LogP contribution in [-0.2, 0) is 6.18 Å². The number of halogens is 3. The third-order valence-corrected chi connectivity index (χ3v) is 4.26. The zero-order chi connectivity index (χ0) is 22.0. The largest absolute Gasteiger partial charge is 0.457 e. The molecule has 0 aliphatic rings. The summed E-state index contributed by atoms with van der Waals surface area (Å²) in [6.45, 7) is 0. The van der Waals surface area contributed by atoms with Gasteiger partial charge in [0.15, 0.2) is 5.58 Å². The molecule has 31 heavy (non-hydrogen) atoms. The van der Waals surface area contributed by atoms with Crippen molar-refractivity contribution in [2.45, 2.75) is 6.18 Å². The van der Waals surface area contributed by atoms with Gasteiger partial charge in [-0.3, -0.25) is 9.78 Å². The first-order valence-electron chi connectivity index (χ1n) is 9.03. The summed E-state index contributed by atoms with van der Waals surface area (Å²) in [4.78, 5) is 19.9. The zero-order valence-electron chi connectivity index (χ0n) is 16.0. The van der Waals surface area contributed by atoms with E-state index in [1.54, 1.807) is 24.3 Å². The van der Waals surface area contributed by atoms with Crippen molar-refractivity contribution in [2.75, 3.05) is 12.4 Å². The van der Waals surface area contributed by atoms with Crippen LogP contribution in [0.25, 0.3) is 11.1 Å². The van der Waals surface area contributed by atoms with Crippen molar-refractivity contribution in [1.29, 1.82) is 0 Å². The molecule has 10 heteroatoms. The predicted octanol–water partition coefficient (Wildman–Crippen LogP) is 5.14. The van der Waals surface area contributed by atoms with Crippen molar-refractivity contribution in [3.8, 4) is 11.5 Å². The van der Waals surface area contributed by atoms with Gasteiger partial charge in [-0.2, -0.15) is 18.2 Å². The van der Waals surface area contributed by atoms with Crippen LogP contribution in [0.15, 0.2) is 65.2 Å². The van der Waals surface area contributed by atoms with Crippen LogP contribution < -0.4 is 15.4 Å². The highest BCUT2D eigenvalue weighted by molar-refractivity contribution is 5.92. The summed E-state index contributed by atoms with van der Waals surface area (Å²) in [6.07, 6.45) is -3.08. The van der Waals surface area contributed by atoms with Gasteiger partial charge in [0.25, 0.3) is 11.9 Å². The van der Waals surface area contributed by atoms with Crippen LogP contribution in [-0.4, -0.2) is 22.9 Å².